The van der Waals surface area contributed by atoms with E-state index in [-0.39, 0.29) is 17.2 Å². The van der Waals surface area contributed by atoms with Crippen molar-refractivity contribution in [3.05, 3.63) is 47.4 Å². The molecular weight excluding hydrogens is 337 g/mol. The van der Waals surface area contributed by atoms with E-state index in [0.717, 1.165) is 22.3 Å². The molecule has 120 valence electrons. The van der Waals surface area contributed by atoms with Gasteiger partial charge in [0.25, 0.3) is 0 Å². The average molecular weight is 351 g/mol. The monoisotopic (exact) mass is 351 g/mol. The second-order valence-electron chi connectivity index (χ2n) is 4.96. The molecule has 0 aliphatic heterocycles. The second kappa shape index (κ2) is 6.21. The first-order valence-corrected chi connectivity index (χ1v) is 9.43. The minimum Gasteiger partial charge on any atom is -0.368 e. The third kappa shape index (κ3) is 3.48. The predicted octanol–water partition coefficient (Wildman–Crippen LogP) is 3.02. The Morgan fingerprint density at radius 1 is 1.17 bits per heavy atom. The summed E-state index contributed by atoms with van der Waals surface area (Å²) >= 11 is 1.51. The third-order valence-corrected chi connectivity index (χ3v) is 5.81. The number of hydrogen-bond donors (Lipinski definition) is 1. The summed E-state index contributed by atoms with van der Waals surface area (Å²) in [5.74, 6) is 0.693. The summed E-state index contributed by atoms with van der Waals surface area (Å²) in [6.45, 7) is 2.00. The Labute approximate surface area is 137 Å². The van der Waals surface area contributed by atoms with E-state index in [2.05, 4.69) is 15.3 Å². The summed E-state index contributed by atoms with van der Waals surface area (Å²) in [6, 6.07) is 6.73. The van der Waals surface area contributed by atoms with E-state index in [0.29, 0.717) is 11.6 Å². The number of aromatic nitrogens is 2. The number of hydrogen-bond acceptors (Lipinski definition) is 6. The van der Waals surface area contributed by atoms with Crippen molar-refractivity contribution >= 4 is 37.2 Å². The quantitative estimate of drug-likeness (QED) is 0.716. The Balaban J connectivity index is 1.73. The molecule has 0 fully saturated rings. The Morgan fingerprint density at radius 2 is 1.91 bits per heavy atom. The van der Waals surface area contributed by atoms with Crippen LogP contribution in [0, 0.1) is 12.7 Å². The molecule has 0 radical (unpaired) electrons. The van der Waals surface area contributed by atoms with Gasteiger partial charge in [-0.3, -0.25) is 0 Å². The molecule has 23 heavy (non-hydrogen) atoms. The molecular formula is C15H14FN3O2S2. The minimum absolute atomic E-state index is 0.104. The molecule has 0 aliphatic carbocycles. The molecule has 0 amide bonds. The van der Waals surface area contributed by atoms with Gasteiger partial charge in [-0.05, 0) is 42.6 Å². The minimum atomic E-state index is -3.47. The largest absolute Gasteiger partial charge is 0.368 e. The van der Waals surface area contributed by atoms with Gasteiger partial charge in [-0.15, -0.1) is 11.3 Å². The predicted molar refractivity (Wildman–Crippen MR) is 89.1 cm³/mol. The first-order valence-electron chi connectivity index (χ1n) is 6.90. The Bertz CT molecular complexity index is 937. The summed E-state index contributed by atoms with van der Waals surface area (Å²) in [7, 11) is -3.47. The highest BCUT2D eigenvalue weighted by molar-refractivity contribution is 7.91. The number of halogens is 1. The molecule has 2 aromatic heterocycles. The second-order valence-corrected chi connectivity index (χ2v) is 7.96. The Kier molecular flexibility index (Phi) is 4.27. The third-order valence-electron chi connectivity index (χ3n) is 3.27. The van der Waals surface area contributed by atoms with Crippen molar-refractivity contribution in [2.24, 2.45) is 0 Å². The van der Waals surface area contributed by atoms with E-state index < -0.39 is 15.7 Å². The van der Waals surface area contributed by atoms with Gasteiger partial charge in [0, 0.05) is 6.54 Å². The van der Waals surface area contributed by atoms with Crippen molar-refractivity contribution in [2.75, 3.05) is 17.6 Å². The first kappa shape index (κ1) is 15.8. The zero-order valence-electron chi connectivity index (χ0n) is 12.3. The number of rotatable bonds is 5. The molecule has 5 nitrogen and oxygen atoms in total. The Hall–Kier alpha value is -2.06. The summed E-state index contributed by atoms with van der Waals surface area (Å²) in [5.41, 5.74) is 0. The molecule has 0 unspecified atom stereocenters. The van der Waals surface area contributed by atoms with Gasteiger partial charge in [0.15, 0.2) is 9.84 Å². The average Bonchev–Trinajstić information content (AvgIpc) is 2.95. The van der Waals surface area contributed by atoms with Crippen LogP contribution in [0.2, 0.25) is 0 Å². The fraction of sp³-hybridized carbons (Fsp3) is 0.200. The lowest BCUT2D eigenvalue weighted by Gasteiger charge is -2.08. The van der Waals surface area contributed by atoms with Gasteiger partial charge in [0.2, 0.25) is 0 Å². The zero-order chi connectivity index (χ0) is 16.4. The summed E-state index contributed by atoms with van der Waals surface area (Å²) in [6.07, 6.45) is 0. The smallest absolute Gasteiger partial charge is 0.180 e. The number of sulfone groups is 1. The highest BCUT2D eigenvalue weighted by atomic mass is 32.2. The maximum atomic E-state index is 12.9. The van der Waals surface area contributed by atoms with Crippen molar-refractivity contribution in [3.63, 3.8) is 0 Å². The van der Waals surface area contributed by atoms with Crippen LogP contribution in [0.4, 0.5) is 10.2 Å². The molecule has 0 bridgehead atoms. The van der Waals surface area contributed by atoms with Crippen LogP contribution in [-0.4, -0.2) is 30.7 Å². The number of nitrogens with zero attached hydrogens (tertiary/aromatic N) is 2. The van der Waals surface area contributed by atoms with Gasteiger partial charge < -0.3 is 5.32 Å². The normalized spacial score (nSPS) is 11.7. The molecule has 2 heterocycles. The number of aryl methyl sites for hydroxylation is 1. The highest BCUT2D eigenvalue weighted by Gasteiger charge is 2.15. The molecule has 0 atom stereocenters. The van der Waals surface area contributed by atoms with E-state index in [9.17, 15) is 12.8 Å². The van der Waals surface area contributed by atoms with Crippen molar-refractivity contribution < 1.29 is 12.8 Å². The van der Waals surface area contributed by atoms with Crippen LogP contribution in [0.15, 0.2) is 40.6 Å². The topological polar surface area (TPSA) is 72.0 Å². The molecule has 3 aromatic rings. The van der Waals surface area contributed by atoms with Gasteiger partial charge in [-0.2, -0.15) is 0 Å². The van der Waals surface area contributed by atoms with Gasteiger partial charge in [-0.25, -0.2) is 22.8 Å². The summed E-state index contributed by atoms with van der Waals surface area (Å²) in [5, 5.41) is 5.84. The van der Waals surface area contributed by atoms with E-state index in [4.69, 9.17) is 0 Å². The van der Waals surface area contributed by atoms with Crippen LogP contribution < -0.4 is 5.32 Å². The van der Waals surface area contributed by atoms with E-state index in [1.54, 1.807) is 6.92 Å². The number of benzene rings is 1. The lowest BCUT2D eigenvalue weighted by atomic mass is 10.3. The number of fused-ring (bicyclic) bond motifs is 1. The zero-order valence-corrected chi connectivity index (χ0v) is 13.9. The standard InChI is InChI=1S/C15H14FN3O2S2/c1-10-18-14(13-6-8-22-15(13)19-10)17-7-9-23(20,21)12-4-2-11(16)3-5-12/h2-6,8H,7,9H2,1H3,(H,17,18,19). The summed E-state index contributed by atoms with van der Waals surface area (Å²) in [4.78, 5) is 9.61. The van der Waals surface area contributed by atoms with Gasteiger partial charge in [0.05, 0.1) is 16.0 Å². The van der Waals surface area contributed by atoms with E-state index in [1.807, 2.05) is 11.4 Å². The molecule has 0 spiro atoms. The lowest BCUT2D eigenvalue weighted by Crippen LogP contribution is -2.16. The fourth-order valence-electron chi connectivity index (χ4n) is 2.16. The van der Waals surface area contributed by atoms with Crippen molar-refractivity contribution in [1.29, 1.82) is 0 Å². The van der Waals surface area contributed by atoms with Crippen molar-refractivity contribution in [1.82, 2.24) is 9.97 Å². The number of nitrogens with one attached hydrogen (secondary N) is 1. The first-order chi connectivity index (χ1) is 11.0. The van der Waals surface area contributed by atoms with Crippen molar-refractivity contribution in [2.45, 2.75) is 11.8 Å². The van der Waals surface area contributed by atoms with Gasteiger partial charge >= 0.3 is 0 Å². The number of anilines is 1. The maximum Gasteiger partial charge on any atom is 0.180 e. The highest BCUT2D eigenvalue weighted by Crippen LogP contribution is 2.24. The van der Waals surface area contributed by atoms with Crippen LogP contribution in [0.3, 0.4) is 0 Å². The molecule has 0 saturated carbocycles. The van der Waals surface area contributed by atoms with E-state index >= 15 is 0 Å². The summed E-state index contributed by atoms with van der Waals surface area (Å²) < 4.78 is 37.3. The van der Waals surface area contributed by atoms with Crippen LogP contribution in [0.5, 0.6) is 0 Å². The molecule has 1 N–H and O–H groups in total. The molecule has 8 heteroatoms. The van der Waals surface area contributed by atoms with Crippen LogP contribution in [0.1, 0.15) is 5.82 Å². The van der Waals surface area contributed by atoms with Crippen molar-refractivity contribution in [3.8, 4) is 0 Å². The lowest BCUT2D eigenvalue weighted by molar-refractivity contribution is 0.595. The molecule has 0 saturated heterocycles. The molecule has 1 aromatic carbocycles. The fourth-order valence-corrected chi connectivity index (χ4v) is 4.13. The van der Waals surface area contributed by atoms with E-state index in [1.165, 1.54) is 23.5 Å². The Morgan fingerprint density at radius 3 is 2.65 bits per heavy atom. The van der Waals surface area contributed by atoms with Gasteiger partial charge in [0.1, 0.15) is 22.3 Å². The maximum absolute atomic E-state index is 12.9. The van der Waals surface area contributed by atoms with Crippen LogP contribution >= 0.6 is 11.3 Å². The van der Waals surface area contributed by atoms with Crippen LogP contribution in [-0.2, 0) is 9.84 Å². The van der Waals surface area contributed by atoms with Gasteiger partial charge in [-0.1, -0.05) is 0 Å². The van der Waals surface area contributed by atoms with Crippen LogP contribution in [0.25, 0.3) is 10.2 Å². The SMILES string of the molecule is Cc1nc(NCCS(=O)(=O)c2ccc(F)cc2)c2ccsc2n1. The molecule has 0 aliphatic rings. The number of thiophene rings is 1. The molecule has 3 rings (SSSR count).